The van der Waals surface area contributed by atoms with Crippen molar-refractivity contribution in [1.29, 1.82) is 0 Å². The summed E-state index contributed by atoms with van der Waals surface area (Å²) in [6, 6.07) is 25.6. The van der Waals surface area contributed by atoms with Gasteiger partial charge in [-0.25, -0.2) is 0 Å². The number of benzene rings is 4. The molecular weight excluding hydrogens is 536 g/mol. The van der Waals surface area contributed by atoms with Crippen molar-refractivity contribution < 1.29 is 24.2 Å². The van der Waals surface area contributed by atoms with Gasteiger partial charge in [0, 0.05) is 5.56 Å². The summed E-state index contributed by atoms with van der Waals surface area (Å²) in [6.45, 7) is 15.6. The van der Waals surface area contributed by atoms with E-state index in [1.165, 1.54) is 0 Å². The van der Waals surface area contributed by atoms with Gasteiger partial charge in [-0.1, -0.05) is 74.5 Å². The highest BCUT2D eigenvalue weighted by Crippen LogP contribution is 2.47. The number of hydrogen-bond donors (Lipinski definition) is 1. The van der Waals surface area contributed by atoms with Crippen LogP contribution >= 0.6 is 0 Å². The smallest absolute Gasteiger partial charge is 0.312 e. The second-order valence-corrected chi connectivity index (χ2v) is 14.1. The minimum Gasteiger partial charge on any atom is -0.508 e. The Morgan fingerprint density at radius 2 is 1.26 bits per heavy atom. The molecule has 5 nitrogen and oxygen atoms in total. The molecule has 4 aromatic carbocycles. The third-order valence-electron chi connectivity index (χ3n) is 8.63. The molecule has 4 rings (SSSR count). The van der Waals surface area contributed by atoms with Crippen molar-refractivity contribution in [3.8, 4) is 5.75 Å². The molecule has 0 bridgehead atoms. The maximum atomic E-state index is 14.0. The average molecular weight is 583 g/mol. The van der Waals surface area contributed by atoms with Gasteiger partial charge in [0.05, 0.1) is 10.8 Å². The van der Waals surface area contributed by atoms with Crippen LogP contribution in [0.3, 0.4) is 0 Å². The van der Waals surface area contributed by atoms with Crippen LogP contribution in [0.2, 0.25) is 0 Å². The number of hydrogen-bond acceptors (Lipinski definition) is 5. The van der Waals surface area contributed by atoms with E-state index in [4.69, 9.17) is 9.47 Å². The van der Waals surface area contributed by atoms with Crippen LogP contribution in [0.4, 0.5) is 0 Å². The summed E-state index contributed by atoms with van der Waals surface area (Å²) in [6.07, 6.45) is 1.45. The summed E-state index contributed by atoms with van der Waals surface area (Å²) in [4.78, 5) is 27.4. The first-order valence-corrected chi connectivity index (χ1v) is 15.2. The molecular formula is C38H46O5. The Balaban J connectivity index is 1.66. The molecule has 0 aliphatic rings. The van der Waals surface area contributed by atoms with Crippen molar-refractivity contribution in [3.63, 3.8) is 0 Å². The predicted molar refractivity (Wildman–Crippen MR) is 174 cm³/mol. The highest BCUT2D eigenvalue weighted by atomic mass is 16.6. The van der Waals surface area contributed by atoms with Gasteiger partial charge in [0.25, 0.3) is 0 Å². The van der Waals surface area contributed by atoms with Crippen LogP contribution in [0.1, 0.15) is 85.8 Å². The van der Waals surface area contributed by atoms with E-state index in [0.717, 1.165) is 32.7 Å². The zero-order valence-electron chi connectivity index (χ0n) is 26.9. The first-order valence-electron chi connectivity index (χ1n) is 15.2. The Kier molecular flexibility index (Phi) is 8.97. The van der Waals surface area contributed by atoms with Gasteiger partial charge in [-0.3, -0.25) is 9.59 Å². The van der Waals surface area contributed by atoms with Gasteiger partial charge in [0.2, 0.25) is 0 Å². The number of carbonyl (C=O) groups is 2. The summed E-state index contributed by atoms with van der Waals surface area (Å²) >= 11 is 0. The number of ether oxygens (including phenoxy) is 2. The van der Waals surface area contributed by atoms with Crippen molar-refractivity contribution >= 4 is 33.5 Å². The molecule has 5 heteroatoms. The summed E-state index contributed by atoms with van der Waals surface area (Å²) in [5.41, 5.74) is -0.958. The number of aromatic hydroxyl groups is 1. The number of carbonyl (C=O) groups excluding carboxylic acids is 2. The van der Waals surface area contributed by atoms with Crippen molar-refractivity contribution in [2.75, 3.05) is 0 Å². The monoisotopic (exact) mass is 582 g/mol. The minimum atomic E-state index is -0.836. The first-order chi connectivity index (χ1) is 20.1. The van der Waals surface area contributed by atoms with Crippen LogP contribution in [-0.2, 0) is 31.1 Å². The summed E-state index contributed by atoms with van der Waals surface area (Å²) in [5, 5.41) is 14.4. The van der Waals surface area contributed by atoms with Crippen LogP contribution in [0.5, 0.6) is 5.75 Å². The Morgan fingerprint density at radius 1 is 0.721 bits per heavy atom. The van der Waals surface area contributed by atoms with Gasteiger partial charge in [-0.2, -0.15) is 0 Å². The fourth-order valence-corrected chi connectivity index (χ4v) is 6.37. The van der Waals surface area contributed by atoms with Crippen LogP contribution in [-0.4, -0.2) is 22.6 Å². The largest absolute Gasteiger partial charge is 0.508 e. The lowest BCUT2D eigenvalue weighted by atomic mass is 9.62. The average Bonchev–Trinajstić information content (AvgIpc) is 2.94. The molecule has 43 heavy (non-hydrogen) atoms. The van der Waals surface area contributed by atoms with Gasteiger partial charge in [0.1, 0.15) is 18.0 Å². The van der Waals surface area contributed by atoms with Gasteiger partial charge in [-0.05, 0) is 112 Å². The molecule has 2 unspecified atom stereocenters. The molecule has 4 aromatic rings. The molecule has 0 saturated carbocycles. The normalized spacial score (nSPS) is 15.1. The molecule has 0 aromatic heterocycles. The number of rotatable bonds is 10. The third kappa shape index (κ3) is 7.21. The van der Waals surface area contributed by atoms with E-state index >= 15 is 0 Å². The molecule has 228 valence electrons. The predicted octanol–water partition coefficient (Wildman–Crippen LogP) is 9.26. The standard InChI is InChI=1S/C38H46O5/c1-9-37(7,34(41)42-23-32-30-16-12-10-14-26(30)22-27-15-11-13-17-31(27)32)25-38(8,28-18-20-29(39)21-19-28)24-36(5,6)33(40)43-35(2,3)4/h10-22,39H,9,23-25H2,1-8H3. The van der Waals surface area contributed by atoms with E-state index in [-0.39, 0.29) is 24.3 Å². The molecule has 1 N–H and O–H groups in total. The second kappa shape index (κ2) is 12.0. The van der Waals surface area contributed by atoms with Crippen LogP contribution in [0, 0.1) is 10.8 Å². The van der Waals surface area contributed by atoms with Gasteiger partial charge in [-0.15, -0.1) is 0 Å². The SMILES string of the molecule is CCC(C)(CC(C)(CC(C)(C)C(=O)OC(C)(C)C)c1ccc(O)cc1)C(=O)OCc1c2ccccc2cc2ccccc12. The molecule has 0 radical (unpaired) electrons. The van der Waals surface area contributed by atoms with Crippen molar-refractivity contribution in [2.45, 2.75) is 92.3 Å². The lowest BCUT2D eigenvalue weighted by Crippen LogP contribution is -2.43. The Morgan fingerprint density at radius 3 is 1.77 bits per heavy atom. The maximum Gasteiger partial charge on any atom is 0.312 e. The van der Waals surface area contributed by atoms with E-state index in [1.807, 2.05) is 84.9 Å². The van der Waals surface area contributed by atoms with Gasteiger partial charge < -0.3 is 14.6 Å². The molecule has 0 spiro atoms. The Bertz CT molecular complexity index is 1560. The van der Waals surface area contributed by atoms with Crippen LogP contribution in [0.15, 0.2) is 78.9 Å². The molecule has 0 aliphatic heterocycles. The second-order valence-electron chi connectivity index (χ2n) is 14.1. The highest BCUT2D eigenvalue weighted by Gasteiger charge is 2.46. The molecule has 0 heterocycles. The van der Waals surface area contributed by atoms with E-state index in [2.05, 4.69) is 37.3 Å². The van der Waals surface area contributed by atoms with Crippen molar-refractivity contribution in [1.82, 2.24) is 0 Å². The third-order valence-corrected chi connectivity index (χ3v) is 8.63. The number of fused-ring (bicyclic) bond motifs is 2. The molecule has 0 fully saturated rings. The van der Waals surface area contributed by atoms with E-state index in [1.54, 1.807) is 12.1 Å². The van der Waals surface area contributed by atoms with E-state index in [9.17, 15) is 14.7 Å². The molecule has 0 aliphatic carbocycles. The van der Waals surface area contributed by atoms with Crippen LogP contribution < -0.4 is 0 Å². The fourth-order valence-electron chi connectivity index (χ4n) is 6.37. The Hall–Kier alpha value is -3.86. The van der Waals surface area contributed by atoms with Crippen molar-refractivity contribution in [3.05, 3.63) is 90.0 Å². The zero-order valence-corrected chi connectivity index (χ0v) is 26.9. The quantitative estimate of drug-likeness (QED) is 0.149. The Labute approximate surface area is 256 Å². The summed E-state index contributed by atoms with van der Waals surface area (Å²) in [7, 11) is 0. The molecule has 0 saturated heterocycles. The molecule has 0 amide bonds. The summed E-state index contributed by atoms with van der Waals surface area (Å²) < 4.78 is 12.0. The summed E-state index contributed by atoms with van der Waals surface area (Å²) in [5.74, 6) is -0.391. The van der Waals surface area contributed by atoms with E-state index < -0.39 is 21.8 Å². The lowest BCUT2D eigenvalue weighted by Gasteiger charge is -2.42. The van der Waals surface area contributed by atoms with Crippen molar-refractivity contribution in [2.24, 2.45) is 10.8 Å². The maximum absolute atomic E-state index is 14.0. The fraction of sp³-hybridized carbons (Fsp3) is 0.421. The minimum absolute atomic E-state index is 0.162. The highest BCUT2D eigenvalue weighted by molar-refractivity contribution is 6.02. The number of phenolic OH excluding ortho intramolecular Hbond substituents is 1. The first kappa shape index (κ1) is 32.1. The van der Waals surface area contributed by atoms with Gasteiger partial charge in [0.15, 0.2) is 0 Å². The molecule has 2 atom stereocenters. The van der Waals surface area contributed by atoms with Crippen LogP contribution in [0.25, 0.3) is 21.5 Å². The topological polar surface area (TPSA) is 72.8 Å². The number of phenols is 1. The van der Waals surface area contributed by atoms with E-state index in [0.29, 0.717) is 19.3 Å². The lowest BCUT2D eigenvalue weighted by molar-refractivity contribution is -0.167. The number of esters is 2. The van der Waals surface area contributed by atoms with Gasteiger partial charge >= 0.3 is 11.9 Å². The zero-order chi connectivity index (χ0) is 31.6.